The summed E-state index contributed by atoms with van der Waals surface area (Å²) in [6, 6.07) is 0. The largest absolute Gasteiger partial charge is 0.481 e. The first-order valence-electron chi connectivity index (χ1n) is 6.97. The predicted molar refractivity (Wildman–Crippen MR) is 70.9 cm³/mol. The molecule has 0 bridgehead atoms. The normalized spacial score (nSPS) is 32.2. The van der Waals surface area contributed by atoms with Crippen LogP contribution in [0.1, 0.15) is 66.7 Å². The number of hydrogen-bond acceptors (Lipinski definition) is 1. The molecule has 17 heavy (non-hydrogen) atoms. The van der Waals surface area contributed by atoms with Gasteiger partial charge in [0, 0.05) is 0 Å². The minimum atomic E-state index is -0.570. The third-order valence-electron chi connectivity index (χ3n) is 5.08. The molecule has 0 heterocycles. The molecule has 0 amide bonds. The number of rotatable bonds is 3. The molecule has 0 aromatic heterocycles. The van der Waals surface area contributed by atoms with Crippen molar-refractivity contribution in [2.24, 2.45) is 22.7 Å². The molecule has 1 fully saturated rings. The van der Waals surface area contributed by atoms with Crippen LogP contribution in [0.4, 0.5) is 0 Å². The topological polar surface area (TPSA) is 37.3 Å². The lowest BCUT2D eigenvalue weighted by Crippen LogP contribution is -2.42. The highest BCUT2D eigenvalue weighted by molar-refractivity contribution is 5.75. The molecule has 1 aliphatic carbocycles. The van der Waals surface area contributed by atoms with E-state index in [0.29, 0.717) is 17.3 Å². The standard InChI is InChI=1S/C15H28O2/c1-6-11(2)15(13(16)17)9-7-12(8-10-15)14(3,4)5/h11-12H,6-10H2,1-5H3,(H,16,17). The molecule has 0 saturated heterocycles. The summed E-state index contributed by atoms with van der Waals surface area (Å²) in [5.74, 6) is 0.402. The van der Waals surface area contributed by atoms with Crippen LogP contribution in [0.25, 0.3) is 0 Å². The van der Waals surface area contributed by atoms with E-state index in [2.05, 4.69) is 34.6 Å². The monoisotopic (exact) mass is 240 g/mol. The van der Waals surface area contributed by atoms with Crippen LogP contribution >= 0.6 is 0 Å². The lowest BCUT2D eigenvalue weighted by Gasteiger charge is -2.44. The Morgan fingerprint density at radius 2 is 1.82 bits per heavy atom. The zero-order valence-electron chi connectivity index (χ0n) is 12.0. The lowest BCUT2D eigenvalue weighted by molar-refractivity contribution is -0.156. The average Bonchev–Trinajstić information content (AvgIpc) is 2.26. The third kappa shape index (κ3) is 2.83. The number of aliphatic carboxylic acids is 1. The second-order valence-corrected chi connectivity index (χ2v) is 6.91. The first kappa shape index (κ1) is 14.5. The molecule has 1 N–H and O–H groups in total. The summed E-state index contributed by atoms with van der Waals surface area (Å²) in [6.45, 7) is 11.0. The minimum Gasteiger partial charge on any atom is -0.481 e. The van der Waals surface area contributed by atoms with E-state index < -0.39 is 11.4 Å². The summed E-state index contributed by atoms with van der Waals surface area (Å²) in [4.78, 5) is 11.6. The summed E-state index contributed by atoms with van der Waals surface area (Å²) < 4.78 is 0. The van der Waals surface area contributed by atoms with E-state index in [1.807, 2.05) is 0 Å². The molecule has 0 aromatic rings. The van der Waals surface area contributed by atoms with Crippen molar-refractivity contribution in [1.29, 1.82) is 0 Å². The molecule has 1 atom stereocenters. The number of carboxylic acid groups (broad SMARTS) is 1. The van der Waals surface area contributed by atoms with Crippen molar-refractivity contribution in [3.63, 3.8) is 0 Å². The Kier molecular flexibility index (Phi) is 4.27. The van der Waals surface area contributed by atoms with Crippen molar-refractivity contribution < 1.29 is 9.90 Å². The highest BCUT2D eigenvalue weighted by Crippen LogP contribution is 2.49. The summed E-state index contributed by atoms with van der Waals surface area (Å²) >= 11 is 0. The summed E-state index contributed by atoms with van der Waals surface area (Å²) in [5.41, 5.74) is -0.128. The summed E-state index contributed by atoms with van der Waals surface area (Å²) in [5, 5.41) is 9.58. The van der Waals surface area contributed by atoms with Crippen LogP contribution in [-0.4, -0.2) is 11.1 Å². The number of hydrogen-bond donors (Lipinski definition) is 1. The summed E-state index contributed by atoms with van der Waals surface area (Å²) in [7, 11) is 0. The second kappa shape index (κ2) is 4.99. The Balaban J connectivity index is 2.78. The Bertz CT molecular complexity index is 267. The molecule has 1 unspecified atom stereocenters. The van der Waals surface area contributed by atoms with Crippen LogP contribution in [0.3, 0.4) is 0 Å². The van der Waals surface area contributed by atoms with Gasteiger partial charge in [-0.15, -0.1) is 0 Å². The van der Waals surface area contributed by atoms with Crippen molar-refractivity contribution >= 4 is 5.97 Å². The molecule has 0 radical (unpaired) electrons. The molecule has 0 aromatic carbocycles. The van der Waals surface area contributed by atoms with E-state index in [9.17, 15) is 9.90 Å². The molecular formula is C15H28O2. The van der Waals surface area contributed by atoms with Gasteiger partial charge >= 0.3 is 5.97 Å². The fourth-order valence-electron chi connectivity index (χ4n) is 3.31. The Morgan fingerprint density at radius 3 is 2.12 bits per heavy atom. The number of carboxylic acids is 1. The fourth-order valence-corrected chi connectivity index (χ4v) is 3.31. The van der Waals surface area contributed by atoms with Gasteiger partial charge in [0.25, 0.3) is 0 Å². The Labute approximate surface area is 106 Å². The van der Waals surface area contributed by atoms with E-state index in [1.165, 1.54) is 0 Å². The third-order valence-corrected chi connectivity index (χ3v) is 5.08. The van der Waals surface area contributed by atoms with E-state index in [-0.39, 0.29) is 0 Å². The van der Waals surface area contributed by atoms with E-state index in [0.717, 1.165) is 32.1 Å². The zero-order valence-corrected chi connectivity index (χ0v) is 12.0. The highest BCUT2D eigenvalue weighted by atomic mass is 16.4. The van der Waals surface area contributed by atoms with Gasteiger partial charge in [-0.05, 0) is 42.9 Å². The zero-order chi connectivity index (χ0) is 13.3. The molecule has 1 aliphatic rings. The minimum absolute atomic E-state index is 0.293. The van der Waals surface area contributed by atoms with Crippen molar-refractivity contribution in [2.75, 3.05) is 0 Å². The maximum Gasteiger partial charge on any atom is 0.309 e. The first-order valence-corrected chi connectivity index (χ1v) is 6.97. The Morgan fingerprint density at radius 1 is 1.35 bits per heavy atom. The highest BCUT2D eigenvalue weighted by Gasteiger charge is 2.46. The van der Waals surface area contributed by atoms with E-state index in [4.69, 9.17) is 0 Å². The van der Waals surface area contributed by atoms with Gasteiger partial charge in [-0.3, -0.25) is 4.79 Å². The molecule has 1 rings (SSSR count). The first-order chi connectivity index (χ1) is 7.74. The van der Waals surface area contributed by atoms with Crippen LogP contribution in [0.2, 0.25) is 0 Å². The lowest BCUT2D eigenvalue weighted by atomic mass is 9.59. The second-order valence-electron chi connectivity index (χ2n) is 6.91. The van der Waals surface area contributed by atoms with Crippen molar-refractivity contribution in [1.82, 2.24) is 0 Å². The number of carbonyl (C=O) groups is 1. The molecule has 0 aliphatic heterocycles. The molecule has 2 nitrogen and oxygen atoms in total. The molecule has 100 valence electrons. The van der Waals surface area contributed by atoms with Crippen molar-refractivity contribution in [2.45, 2.75) is 66.7 Å². The van der Waals surface area contributed by atoms with Gasteiger partial charge in [-0.25, -0.2) is 0 Å². The van der Waals surface area contributed by atoms with E-state index >= 15 is 0 Å². The maximum atomic E-state index is 11.6. The predicted octanol–water partition coefficient (Wildman–Crippen LogP) is 4.34. The van der Waals surface area contributed by atoms with Gasteiger partial charge in [0.05, 0.1) is 5.41 Å². The Hall–Kier alpha value is -0.530. The van der Waals surface area contributed by atoms with Crippen molar-refractivity contribution in [3.8, 4) is 0 Å². The van der Waals surface area contributed by atoms with E-state index in [1.54, 1.807) is 0 Å². The molecular weight excluding hydrogens is 212 g/mol. The van der Waals surface area contributed by atoms with Crippen LogP contribution in [0.5, 0.6) is 0 Å². The fraction of sp³-hybridized carbons (Fsp3) is 0.933. The average molecular weight is 240 g/mol. The van der Waals surface area contributed by atoms with Crippen LogP contribution in [0.15, 0.2) is 0 Å². The molecule has 2 heteroatoms. The maximum absolute atomic E-state index is 11.6. The quantitative estimate of drug-likeness (QED) is 0.796. The van der Waals surface area contributed by atoms with Gasteiger partial charge in [0.1, 0.15) is 0 Å². The van der Waals surface area contributed by atoms with Gasteiger partial charge < -0.3 is 5.11 Å². The van der Waals surface area contributed by atoms with Gasteiger partial charge in [0.2, 0.25) is 0 Å². The smallest absolute Gasteiger partial charge is 0.309 e. The van der Waals surface area contributed by atoms with Crippen LogP contribution < -0.4 is 0 Å². The van der Waals surface area contributed by atoms with Gasteiger partial charge in [-0.2, -0.15) is 0 Å². The summed E-state index contributed by atoms with van der Waals surface area (Å²) in [6.07, 6.45) is 4.82. The van der Waals surface area contributed by atoms with Crippen LogP contribution in [0, 0.1) is 22.7 Å². The SMILES string of the molecule is CCC(C)C1(C(=O)O)CCC(C(C)(C)C)CC1. The van der Waals surface area contributed by atoms with Gasteiger partial charge in [0.15, 0.2) is 0 Å². The van der Waals surface area contributed by atoms with Gasteiger partial charge in [-0.1, -0.05) is 41.0 Å². The van der Waals surface area contributed by atoms with Crippen LogP contribution in [-0.2, 0) is 4.79 Å². The van der Waals surface area contributed by atoms with Crippen molar-refractivity contribution in [3.05, 3.63) is 0 Å². The molecule has 1 saturated carbocycles. The molecule has 0 spiro atoms.